The predicted octanol–water partition coefficient (Wildman–Crippen LogP) is 2.27. The highest BCUT2D eigenvalue weighted by Gasteiger charge is 2.33. The van der Waals surface area contributed by atoms with Crippen molar-refractivity contribution in [3.05, 3.63) is 23.7 Å². The second-order valence-electron chi connectivity index (χ2n) is 5.06. The van der Waals surface area contributed by atoms with Crippen LogP contribution in [0.4, 0.5) is 0 Å². The summed E-state index contributed by atoms with van der Waals surface area (Å²) in [6, 6.07) is 1.70. The molecular formula is C14H21NO3. The number of carbonyl (C=O) groups excluding carboxylic acids is 1. The molecule has 1 aromatic rings. The minimum atomic E-state index is -0.433. The number of nitrogens with one attached hydrogen (secondary N) is 1. The molecule has 4 nitrogen and oxygen atoms in total. The van der Waals surface area contributed by atoms with Crippen molar-refractivity contribution in [2.75, 3.05) is 6.61 Å². The van der Waals surface area contributed by atoms with Crippen LogP contribution in [0.25, 0.3) is 0 Å². The van der Waals surface area contributed by atoms with E-state index in [2.05, 4.69) is 5.32 Å². The Bertz CT molecular complexity index is 405. The molecule has 1 saturated carbocycles. The summed E-state index contributed by atoms with van der Waals surface area (Å²) in [5.74, 6) is 0.577. The van der Waals surface area contributed by atoms with Gasteiger partial charge in [0.25, 0.3) is 5.91 Å². The highest BCUT2D eigenvalue weighted by Crippen LogP contribution is 2.28. The van der Waals surface area contributed by atoms with Crippen molar-refractivity contribution in [2.45, 2.75) is 51.0 Å². The van der Waals surface area contributed by atoms with Gasteiger partial charge in [-0.1, -0.05) is 26.2 Å². The first-order chi connectivity index (χ1) is 8.71. The topological polar surface area (TPSA) is 62.5 Å². The quantitative estimate of drug-likeness (QED) is 0.863. The summed E-state index contributed by atoms with van der Waals surface area (Å²) in [7, 11) is 0. The number of aryl methyl sites for hydroxylation is 1. The lowest BCUT2D eigenvalue weighted by atomic mass is 9.82. The normalized spacial score (nSPS) is 18.6. The minimum Gasteiger partial charge on any atom is -0.469 e. The molecule has 4 heteroatoms. The minimum absolute atomic E-state index is 0.0120. The molecule has 100 valence electrons. The van der Waals surface area contributed by atoms with Crippen molar-refractivity contribution in [3.63, 3.8) is 0 Å². The first-order valence-corrected chi connectivity index (χ1v) is 6.70. The number of carbonyl (C=O) groups is 1. The Labute approximate surface area is 107 Å². The zero-order valence-corrected chi connectivity index (χ0v) is 10.9. The number of furan rings is 1. The van der Waals surface area contributed by atoms with Crippen molar-refractivity contribution < 1.29 is 14.3 Å². The third kappa shape index (κ3) is 2.58. The van der Waals surface area contributed by atoms with E-state index in [0.29, 0.717) is 17.7 Å². The van der Waals surface area contributed by atoms with Crippen LogP contribution >= 0.6 is 0 Å². The maximum Gasteiger partial charge on any atom is 0.255 e. The Balaban J connectivity index is 2.10. The molecule has 0 unspecified atom stereocenters. The molecule has 2 N–H and O–H groups in total. The van der Waals surface area contributed by atoms with Gasteiger partial charge in [-0.25, -0.2) is 0 Å². The smallest absolute Gasteiger partial charge is 0.255 e. The molecule has 1 fully saturated rings. The lowest BCUT2D eigenvalue weighted by Gasteiger charge is -2.36. The van der Waals surface area contributed by atoms with Gasteiger partial charge in [0.05, 0.1) is 24.0 Å². The predicted molar refractivity (Wildman–Crippen MR) is 68.5 cm³/mol. The summed E-state index contributed by atoms with van der Waals surface area (Å²) in [6.45, 7) is 1.97. The second kappa shape index (κ2) is 5.57. The van der Waals surface area contributed by atoms with Crippen molar-refractivity contribution in [1.29, 1.82) is 0 Å². The van der Waals surface area contributed by atoms with Crippen molar-refractivity contribution in [2.24, 2.45) is 0 Å². The molecule has 0 atom stereocenters. The van der Waals surface area contributed by atoms with Gasteiger partial charge in [-0.05, 0) is 18.9 Å². The van der Waals surface area contributed by atoms with E-state index < -0.39 is 5.54 Å². The fraction of sp³-hybridized carbons (Fsp3) is 0.643. The second-order valence-corrected chi connectivity index (χ2v) is 5.06. The summed E-state index contributed by atoms with van der Waals surface area (Å²) in [6.07, 6.45) is 7.26. The fourth-order valence-corrected chi connectivity index (χ4v) is 2.68. The largest absolute Gasteiger partial charge is 0.469 e. The van der Waals surface area contributed by atoms with Gasteiger partial charge in [-0.15, -0.1) is 0 Å². The number of rotatable bonds is 4. The number of hydrogen-bond acceptors (Lipinski definition) is 3. The number of aliphatic hydroxyl groups excluding tert-OH is 1. The molecule has 2 rings (SSSR count). The van der Waals surface area contributed by atoms with Crippen LogP contribution in [0.3, 0.4) is 0 Å². The van der Waals surface area contributed by atoms with Gasteiger partial charge < -0.3 is 14.8 Å². The van der Waals surface area contributed by atoms with E-state index in [1.807, 2.05) is 6.92 Å². The summed E-state index contributed by atoms with van der Waals surface area (Å²) >= 11 is 0. The number of amides is 1. The standard InChI is InChI=1S/C14H21NO3/c1-2-12-11(6-9-18-12)13(17)15-14(10-16)7-4-3-5-8-14/h6,9,16H,2-5,7-8,10H2,1H3,(H,15,17). The number of hydrogen-bond donors (Lipinski definition) is 2. The zero-order valence-electron chi connectivity index (χ0n) is 10.9. The molecule has 0 spiro atoms. The Hall–Kier alpha value is -1.29. The summed E-state index contributed by atoms with van der Waals surface area (Å²) in [4.78, 5) is 12.2. The van der Waals surface area contributed by atoms with E-state index in [9.17, 15) is 9.90 Å². The van der Waals surface area contributed by atoms with Crippen LogP contribution < -0.4 is 5.32 Å². The summed E-state index contributed by atoms with van der Waals surface area (Å²) < 4.78 is 5.27. The molecule has 1 heterocycles. The van der Waals surface area contributed by atoms with Crippen molar-refractivity contribution in [3.8, 4) is 0 Å². The summed E-state index contributed by atoms with van der Waals surface area (Å²) in [5.41, 5.74) is 0.161. The molecule has 1 aliphatic carbocycles. The Morgan fingerprint density at radius 1 is 1.44 bits per heavy atom. The molecule has 0 radical (unpaired) electrons. The van der Waals surface area contributed by atoms with E-state index in [-0.39, 0.29) is 12.5 Å². The molecule has 18 heavy (non-hydrogen) atoms. The highest BCUT2D eigenvalue weighted by atomic mass is 16.3. The van der Waals surface area contributed by atoms with Gasteiger partial charge in [-0.2, -0.15) is 0 Å². The molecule has 0 saturated heterocycles. The van der Waals surface area contributed by atoms with Crippen LogP contribution in [0, 0.1) is 0 Å². The third-order valence-electron chi connectivity index (χ3n) is 3.80. The van der Waals surface area contributed by atoms with Crippen LogP contribution in [0.15, 0.2) is 16.7 Å². The fourth-order valence-electron chi connectivity index (χ4n) is 2.68. The average Bonchev–Trinajstić information content (AvgIpc) is 2.88. The first-order valence-electron chi connectivity index (χ1n) is 6.70. The van der Waals surface area contributed by atoms with E-state index in [0.717, 1.165) is 25.7 Å². The molecule has 0 aromatic carbocycles. The van der Waals surface area contributed by atoms with E-state index in [1.54, 1.807) is 12.3 Å². The van der Waals surface area contributed by atoms with Crippen LogP contribution in [-0.4, -0.2) is 23.2 Å². The molecule has 0 aliphatic heterocycles. The van der Waals surface area contributed by atoms with E-state index in [4.69, 9.17) is 4.42 Å². The maximum atomic E-state index is 12.2. The average molecular weight is 251 g/mol. The molecule has 0 bridgehead atoms. The van der Waals surface area contributed by atoms with E-state index in [1.165, 1.54) is 6.42 Å². The van der Waals surface area contributed by atoms with Crippen LogP contribution in [0.1, 0.15) is 55.1 Å². The Kier molecular flexibility index (Phi) is 4.07. The molecular weight excluding hydrogens is 230 g/mol. The van der Waals surface area contributed by atoms with Crippen LogP contribution in [-0.2, 0) is 6.42 Å². The molecule has 1 aliphatic rings. The van der Waals surface area contributed by atoms with Gasteiger partial charge in [0.15, 0.2) is 0 Å². The van der Waals surface area contributed by atoms with Gasteiger partial charge in [0.1, 0.15) is 5.76 Å². The number of aliphatic hydroxyl groups is 1. The molecule has 1 aromatic heterocycles. The van der Waals surface area contributed by atoms with Crippen molar-refractivity contribution in [1.82, 2.24) is 5.32 Å². The van der Waals surface area contributed by atoms with Crippen LogP contribution in [0.2, 0.25) is 0 Å². The van der Waals surface area contributed by atoms with E-state index >= 15 is 0 Å². The zero-order chi connectivity index (χ0) is 13.0. The maximum absolute atomic E-state index is 12.2. The summed E-state index contributed by atoms with van der Waals surface area (Å²) in [5, 5.41) is 12.6. The third-order valence-corrected chi connectivity index (χ3v) is 3.80. The van der Waals surface area contributed by atoms with Gasteiger partial charge in [-0.3, -0.25) is 4.79 Å². The molecule has 1 amide bonds. The van der Waals surface area contributed by atoms with Crippen molar-refractivity contribution >= 4 is 5.91 Å². The monoisotopic (exact) mass is 251 g/mol. The lowest BCUT2D eigenvalue weighted by molar-refractivity contribution is 0.0757. The Morgan fingerprint density at radius 3 is 2.78 bits per heavy atom. The van der Waals surface area contributed by atoms with Gasteiger partial charge in [0.2, 0.25) is 0 Å². The van der Waals surface area contributed by atoms with Gasteiger partial charge >= 0.3 is 0 Å². The highest BCUT2D eigenvalue weighted by molar-refractivity contribution is 5.95. The lowest BCUT2D eigenvalue weighted by Crippen LogP contribution is -2.52. The first kappa shape index (κ1) is 13.1. The van der Waals surface area contributed by atoms with Gasteiger partial charge in [0, 0.05) is 6.42 Å². The Morgan fingerprint density at radius 2 is 2.17 bits per heavy atom. The SMILES string of the molecule is CCc1occc1C(=O)NC1(CO)CCCCC1. The van der Waals surface area contributed by atoms with Crippen LogP contribution in [0.5, 0.6) is 0 Å².